The van der Waals surface area contributed by atoms with Crippen molar-refractivity contribution in [2.24, 2.45) is 0 Å². The molecule has 5 aromatic heterocycles. The summed E-state index contributed by atoms with van der Waals surface area (Å²) < 4.78 is 11.8. The van der Waals surface area contributed by atoms with Gasteiger partial charge < -0.3 is 4.57 Å². The van der Waals surface area contributed by atoms with Crippen LogP contribution in [0.3, 0.4) is 0 Å². The molecule has 0 amide bonds. The van der Waals surface area contributed by atoms with E-state index in [9.17, 15) is 0 Å². The zero-order valence-corrected chi connectivity index (χ0v) is 38.8. The van der Waals surface area contributed by atoms with Crippen molar-refractivity contribution in [2.45, 2.75) is 0 Å². The number of para-hydroxylation sites is 9. The highest BCUT2D eigenvalue weighted by atomic mass is 28.3. The fourth-order valence-electron chi connectivity index (χ4n) is 11.8. The van der Waals surface area contributed by atoms with Gasteiger partial charge in [-0.05, 0) is 99.6 Å². The molecule has 10 aromatic carbocycles. The van der Waals surface area contributed by atoms with E-state index in [0.29, 0.717) is 0 Å². The lowest BCUT2D eigenvalue weighted by molar-refractivity contribution is 1.09. The molecule has 0 unspecified atom stereocenters. The van der Waals surface area contributed by atoms with Gasteiger partial charge in [-0.1, -0.05) is 170 Å². The van der Waals surface area contributed by atoms with Gasteiger partial charge in [-0.25, -0.2) is 9.97 Å². The van der Waals surface area contributed by atoms with E-state index in [0.717, 1.165) is 94.6 Å². The zero-order chi connectivity index (χ0) is 45.9. The molecule has 0 saturated heterocycles. The van der Waals surface area contributed by atoms with Gasteiger partial charge in [0.15, 0.2) is 8.07 Å². The van der Waals surface area contributed by atoms with Crippen LogP contribution in [0.25, 0.3) is 94.6 Å². The number of rotatable bonds is 7. The molecule has 0 aliphatic rings. The summed E-state index contributed by atoms with van der Waals surface area (Å²) in [6.07, 6.45) is 0. The number of aromatic nitrogens is 7. The van der Waals surface area contributed by atoms with Crippen LogP contribution in [-0.2, 0) is 0 Å². The van der Waals surface area contributed by atoms with Crippen LogP contribution in [0.1, 0.15) is 0 Å². The van der Waals surface area contributed by atoms with Crippen molar-refractivity contribution in [3.63, 3.8) is 0 Å². The van der Waals surface area contributed by atoms with Crippen molar-refractivity contribution in [3.05, 3.63) is 249 Å². The van der Waals surface area contributed by atoms with E-state index in [1.165, 1.54) is 20.7 Å². The van der Waals surface area contributed by atoms with Crippen molar-refractivity contribution in [1.29, 1.82) is 0 Å². The van der Waals surface area contributed by atoms with Crippen molar-refractivity contribution < 1.29 is 0 Å². The first-order valence-corrected chi connectivity index (χ1v) is 25.8. The largest absolute Gasteiger partial charge is 0.307 e. The molecule has 7 nitrogen and oxygen atoms in total. The zero-order valence-electron chi connectivity index (χ0n) is 37.8. The first-order chi connectivity index (χ1) is 34.8. The van der Waals surface area contributed by atoms with Gasteiger partial charge in [-0.15, -0.1) is 0 Å². The first-order valence-electron chi connectivity index (χ1n) is 23.8. The van der Waals surface area contributed by atoms with E-state index >= 15 is 0 Å². The van der Waals surface area contributed by atoms with Gasteiger partial charge in [0, 0.05) is 16.5 Å². The summed E-state index contributed by atoms with van der Waals surface area (Å²) in [4.78, 5) is 10.7. The molecule has 0 N–H and O–H groups in total. The summed E-state index contributed by atoms with van der Waals surface area (Å²) in [6.45, 7) is 0. The number of hydrogen-bond donors (Lipinski definition) is 0. The van der Waals surface area contributed by atoms with Crippen LogP contribution >= 0.6 is 0 Å². The van der Waals surface area contributed by atoms with Crippen LogP contribution in [0.5, 0.6) is 0 Å². The maximum absolute atomic E-state index is 5.37. The summed E-state index contributed by atoms with van der Waals surface area (Å²) in [7, 11) is -2.92. The Morgan fingerprint density at radius 1 is 0.286 bits per heavy atom. The molecule has 0 atom stereocenters. The van der Waals surface area contributed by atoms with Crippen molar-refractivity contribution in [1.82, 2.24) is 32.5 Å². The Balaban J connectivity index is 1.08. The smallest absolute Gasteiger partial charge is 0.220 e. The molecule has 0 bridgehead atoms. The molecule has 328 valence electrons. The Labute approximate surface area is 402 Å². The molecule has 0 radical (unpaired) electrons. The van der Waals surface area contributed by atoms with Crippen molar-refractivity contribution in [3.8, 4) is 17.1 Å². The first kappa shape index (κ1) is 38.8. The number of benzene rings is 10. The van der Waals surface area contributed by atoms with Crippen molar-refractivity contribution in [2.75, 3.05) is 0 Å². The van der Waals surface area contributed by atoms with Crippen LogP contribution in [0.4, 0.5) is 0 Å². The molecule has 15 rings (SSSR count). The lowest BCUT2D eigenvalue weighted by atomic mass is 10.1. The molecule has 5 heterocycles. The predicted molar refractivity (Wildman–Crippen MR) is 291 cm³/mol. The number of nitrogens with zero attached hydrogens (tertiary/aromatic N) is 7. The molecule has 15 aromatic rings. The molecule has 0 fully saturated rings. The Hall–Kier alpha value is -9.24. The minimum Gasteiger partial charge on any atom is -0.307 e. The average molecular weight is 912 g/mol. The second-order valence-corrected chi connectivity index (χ2v) is 22.0. The summed E-state index contributed by atoms with van der Waals surface area (Å²) in [5.41, 5.74) is 13.9. The quantitative estimate of drug-likeness (QED) is 0.118. The Morgan fingerprint density at radius 3 is 1.33 bits per heavy atom. The normalized spacial score (nSPS) is 12.3. The maximum atomic E-state index is 5.37. The summed E-state index contributed by atoms with van der Waals surface area (Å²) in [5.74, 6) is 1.75. The van der Waals surface area contributed by atoms with E-state index in [1.807, 2.05) is 0 Å². The Morgan fingerprint density at radius 2 is 0.743 bits per heavy atom. The van der Waals surface area contributed by atoms with Gasteiger partial charge >= 0.3 is 0 Å². The predicted octanol–water partition coefficient (Wildman–Crippen LogP) is 11.7. The van der Waals surface area contributed by atoms with E-state index in [2.05, 4.69) is 271 Å². The molecule has 8 heteroatoms. The fourth-order valence-corrected chi connectivity index (χ4v) is 16.5. The summed E-state index contributed by atoms with van der Waals surface area (Å²) in [5, 5.41) is 7.61. The molecule has 70 heavy (non-hydrogen) atoms. The van der Waals surface area contributed by atoms with Crippen LogP contribution in [0.2, 0.25) is 0 Å². The summed E-state index contributed by atoms with van der Waals surface area (Å²) in [6, 6.07) is 90.9. The Kier molecular flexibility index (Phi) is 8.25. The minimum atomic E-state index is -2.92. The molecule has 0 saturated carbocycles. The van der Waals surface area contributed by atoms with Crippen LogP contribution in [0, 0.1) is 0 Å². The highest BCUT2D eigenvalue weighted by Gasteiger charge is 2.41. The molecular weight excluding hydrogens is 871 g/mol. The van der Waals surface area contributed by atoms with Crippen LogP contribution in [0.15, 0.2) is 249 Å². The molecule has 0 aliphatic heterocycles. The second-order valence-electron chi connectivity index (χ2n) is 18.2. The fraction of sp³-hybridized carbons (Fsp3) is 0. The maximum Gasteiger partial charge on any atom is 0.220 e. The van der Waals surface area contributed by atoms with Crippen LogP contribution in [-0.4, -0.2) is 40.5 Å². The lowest BCUT2D eigenvalue weighted by Gasteiger charge is -2.34. The van der Waals surface area contributed by atoms with E-state index in [-0.39, 0.29) is 0 Å². The minimum absolute atomic E-state index is 0.873. The average Bonchev–Trinajstić information content (AvgIpc) is 4.23. The van der Waals surface area contributed by atoms with Crippen LogP contribution < -0.4 is 20.7 Å². The standard InChI is InChI=1S/C62H41N7Si/c1-4-21-44(22-5-1)70(45-23-6-2-7-24-45,46-25-8-3-9-26-46)47-27-18-20-42(40-47)65-59-41-43(66-54-33-14-15-34-55(54)67-52-31-12-10-29-50(52)63-61(66)67)38-39-48(59)49-28-19-37-58(60(49)65)69-57-36-17-16-35-56(57)68-53-32-13-11-30-51(53)64-62(68)69/h1-41H. The lowest BCUT2D eigenvalue weighted by Crippen LogP contribution is -2.74. The van der Waals surface area contributed by atoms with Crippen molar-refractivity contribution >= 4 is 106 Å². The monoisotopic (exact) mass is 911 g/mol. The highest BCUT2D eigenvalue weighted by molar-refractivity contribution is 7.19. The van der Waals surface area contributed by atoms with Gasteiger partial charge in [-0.2, -0.15) is 0 Å². The highest BCUT2D eigenvalue weighted by Crippen LogP contribution is 2.40. The molecule has 0 aliphatic carbocycles. The van der Waals surface area contributed by atoms with E-state index in [1.54, 1.807) is 0 Å². The third-order valence-electron chi connectivity index (χ3n) is 14.6. The topological polar surface area (TPSA) is 49.4 Å². The van der Waals surface area contributed by atoms with Gasteiger partial charge in [0.2, 0.25) is 11.6 Å². The number of fused-ring (bicyclic) bond motifs is 13. The second kappa shape index (κ2) is 14.9. The third kappa shape index (κ3) is 5.33. The number of hydrogen-bond acceptors (Lipinski definition) is 2. The Bertz CT molecular complexity index is 4440. The SMILES string of the molecule is c1ccc([Si](c2ccccc2)(c2ccccc2)c2cccc(-n3c4cc(-n5c6ccccc6n6c7ccccc7nc56)ccc4c4cccc(-n5c6ccccc6n6c7ccccc7nc56)c43)c2)cc1. The van der Waals surface area contributed by atoms with Gasteiger partial charge in [0.05, 0.1) is 66.5 Å². The summed E-state index contributed by atoms with van der Waals surface area (Å²) >= 11 is 0. The van der Waals surface area contributed by atoms with Gasteiger partial charge in [0.1, 0.15) is 0 Å². The van der Waals surface area contributed by atoms with E-state index in [4.69, 9.17) is 9.97 Å². The van der Waals surface area contributed by atoms with Gasteiger partial charge in [0.25, 0.3) is 0 Å². The molecular formula is C62H41N7Si. The van der Waals surface area contributed by atoms with Gasteiger partial charge in [-0.3, -0.25) is 17.9 Å². The van der Waals surface area contributed by atoms with E-state index < -0.39 is 8.07 Å². The third-order valence-corrected chi connectivity index (χ3v) is 19.4. The number of imidazole rings is 4. The molecule has 0 spiro atoms.